The molecule has 2 aromatic heterocycles. The fraction of sp³-hybridized carbons (Fsp3) is 0.400. The number of rotatable bonds is 6. The van der Waals surface area contributed by atoms with E-state index in [1.54, 1.807) is 0 Å². The average Bonchev–Trinajstić information content (AvgIpc) is 3.04. The molecule has 1 aromatic carbocycles. The summed E-state index contributed by atoms with van der Waals surface area (Å²) in [4.78, 5) is 15.5. The normalized spacial score (nSPS) is 15.4. The summed E-state index contributed by atoms with van der Waals surface area (Å²) in [5.41, 5.74) is 4.27. The predicted molar refractivity (Wildman–Crippen MR) is 96.1 cm³/mol. The van der Waals surface area contributed by atoms with Crippen LogP contribution < -0.4 is 5.32 Å². The number of carbonyl (C=O) groups excluding carboxylic acids is 1. The maximum atomic E-state index is 12.1. The molecule has 1 aliphatic carbocycles. The van der Waals surface area contributed by atoms with Crippen LogP contribution in [0.5, 0.6) is 0 Å². The third-order valence-corrected chi connectivity index (χ3v) is 5.08. The van der Waals surface area contributed by atoms with Crippen molar-refractivity contribution >= 4 is 16.8 Å². The number of benzene rings is 1. The predicted octanol–water partition coefficient (Wildman–Crippen LogP) is 3.67. The number of nitrogens with one attached hydrogen (secondary N) is 2. The first-order valence-electron chi connectivity index (χ1n) is 8.83. The van der Waals surface area contributed by atoms with E-state index in [4.69, 9.17) is 4.52 Å². The van der Waals surface area contributed by atoms with E-state index < -0.39 is 0 Å². The molecule has 0 atom stereocenters. The van der Waals surface area contributed by atoms with Gasteiger partial charge < -0.3 is 14.8 Å². The standard InChI is InChI=1S/C20H23N3O2/c1-13-9-16(23-25-13)6-4-14-3-5-15-11-17(22-18(15)10-14)12-21-19(24)20(2)7-8-20/h3,5,9-11,22H,4,6-8,12H2,1-2H3,(H,21,24). The molecule has 0 bridgehead atoms. The highest BCUT2D eigenvalue weighted by Gasteiger charge is 2.44. The highest BCUT2D eigenvalue weighted by atomic mass is 16.5. The van der Waals surface area contributed by atoms with Gasteiger partial charge >= 0.3 is 0 Å². The van der Waals surface area contributed by atoms with Crippen molar-refractivity contribution in [3.8, 4) is 0 Å². The Kier molecular flexibility index (Phi) is 3.86. The number of fused-ring (bicyclic) bond motifs is 1. The lowest BCUT2D eigenvalue weighted by Crippen LogP contribution is -2.29. The van der Waals surface area contributed by atoms with Gasteiger partial charge in [0.05, 0.1) is 12.2 Å². The van der Waals surface area contributed by atoms with E-state index in [0.717, 1.165) is 48.3 Å². The minimum atomic E-state index is -0.126. The summed E-state index contributed by atoms with van der Waals surface area (Å²) in [6, 6.07) is 10.5. The molecule has 5 heteroatoms. The van der Waals surface area contributed by atoms with E-state index in [-0.39, 0.29) is 11.3 Å². The molecule has 3 aromatic rings. The number of aromatic nitrogens is 2. The van der Waals surface area contributed by atoms with Crippen molar-refractivity contribution in [3.63, 3.8) is 0 Å². The van der Waals surface area contributed by atoms with Crippen molar-refractivity contribution in [1.82, 2.24) is 15.5 Å². The summed E-state index contributed by atoms with van der Waals surface area (Å²) in [5, 5.41) is 8.25. The second kappa shape index (κ2) is 6.06. The molecule has 2 N–H and O–H groups in total. The number of hydrogen-bond donors (Lipinski definition) is 2. The average molecular weight is 337 g/mol. The van der Waals surface area contributed by atoms with Crippen molar-refractivity contribution in [3.05, 3.63) is 53.0 Å². The van der Waals surface area contributed by atoms with E-state index in [2.05, 4.69) is 39.7 Å². The van der Waals surface area contributed by atoms with E-state index in [1.165, 1.54) is 10.9 Å². The quantitative estimate of drug-likeness (QED) is 0.721. The Labute approximate surface area is 146 Å². The molecule has 4 rings (SSSR count). The molecule has 25 heavy (non-hydrogen) atoms. The number of hydrogen-bond acceptors (Lipinski definition) is 3. The van der Waals surface area contributed by atoms with Gasteiger partial charge in [0, 0.05) is 22.7 Å². The summed E-state index contributed by atoms with van der Waals surface area (Å²) < 4.78 is 5.11. The maximum absolute atomic E-state index is 12.1. The Bertz CT molecular complexity index is 918. The minimum Gasteiger partial charge on any atom is -0.361 e. The Morgan fingerprint density at radius 2 is 2.12 bits per heavy atom. The van der Waals surface area contributed by atoms with Gasteiger partial charge in [-0.3, -0.25) is 4.79 Å². The van der Waals surface area contributed by atoms with Crippen LogP contribution in [0.2, 0.25) is 0 Å². The fourth-order valence-corrected chi connectivity index (χ4v) is 3.10. The lowest BCUT2D eigenvalue weighted by atomic mass is 10.1. The van der Waals surface area contributed by atoms with Crippen LogP contribution in [0.3, 0.4) is 0 Å². The van der Waals surface area contributed by atoms with Gasteiger partial charge in [0.2, 0.25) is 5.91 Å². The van der Waals surface area contributed by atoms with Gasteiger partial charge in [-0.05, 0) is 55.7 Å². The topological polar surface area (TPSA) is 70.9 Å². The molecule has 2 heterocycles. The Morgan fingerprint density at radius 1 is 1.28 bits per heavy atom. The summed E-state index contributed by atoms with van der Waals surface area (Å²) in [7, 11) is 0. The molecular formula is C20H23N3O2. The summed E-state index contributed by atoms with van der Waals surface area (Å²) >= 11 is 0. The highest BCUT2D eigenvalue weighted by Crippen LogP contribution is 2.45. The van der Waals surface area contributed by atoms with Crippen molar-refractivity contribution in [1.29, 1.82) is 0 Å². The van der Waals surface area contributed by atoms with E-state index in [1.807, 2.05) is 19.9 Å². The lowest BCUT2D eigenvalue weighted by Gasteiger charge is -2.08. The number of aryl methyl sites for hydroxylation is 3. The molecule has 0 unspecified atom stereocenters. The van der Waals surface area contributed by atoms with E-state index in [9.17, 15) is 4.79 Å². The number of H-pyrrole nitrogens is 1. The monoisotopic (exact) mass is 337 g/mol. The lowest BCUT2D eigenvalue weighted by molar-refractivity contribution is -0.125. The smallest absolute Gasteiger partial charge is 0.226 e. The molecule has 1 aliphatic rings. The van der Waals surface area contributed by atoms with Crippen molar-refractivity contribution in [2.75, 3.05) is 0 Å². The van der Waals surface area contributed by atoms with Gasteiger partial charge in [-0.25, -0.2) is 0 Å². The van der Waals surface area contributed by atoms with Crippen molar-refractivity contribution in [2.24, 2.45) is 5.41 Å². The molecular weight excluding hydrogens is 314 g/mol. The largest absolute Gasteiger partial charge is 0.361 e. The van der Waals surface area contributed by atoms with Crippen LogP contribution in [0.15, 0.2) is 34.9 Å². The van der Waals surface area contributed by atoms with Crippen LogP contribution in [-0.4, -0.2) is 16.0 Å². The molecule has 0 saturated heterocycles. The molecule has 1 saturated carbocycles. The van der Waals surface area contributed by atoms with Gasteiger partial charge in [-0.2, -0.15) is 0 Å². The first-order valence-corrected chi connectivity index (χ1v) is 8.83. The van der Waals surface area contributed by atoms with E-state index in [0.29, 0.717) is 6.54 Å². The van der Waals surface area contributed by atoms with Gasteiger partial charge in [-0.15, -0.1) is 0 Å². The summed E-state index contributed by atoms with van der Waals surface area (Å²) in [6.07, 6.45) is 3.79. The molecule has 5 nitrogen and oxygen atoms in total. The number of carbonyl (C=O) groups is 1. The highest BCUT2D eigenvalue weighted by molar-refractivity contribution is 5.85. The first kappa shape index (κ1) is 15.9. The number of aromatic amines is 1. The second-order valence-corrected chi connectivity index (χ2v) is 7.39. The maximum Gasteiger partial charge on any atom is 0.226 e. The third kappa shape index (κ3) is 3.45. The van der Waals surface area contributed by atoms with Gasteiger partial charge in [0.25, 0.3) is 0 Å². The molecule has 0 aliphatic heterocycles. The summed E-state index contributed by atoms with van der Waals surface area (Å²) in [5.74, 6) is 1.01. The van der Waals surface area contributed by atoms with Crippen LogP contribution in [0, 0.1) is 12.3 Å². The fourth-order valence-electron chi connectivity index (χ4n) is 3.10. The Balaban J connectivity index is 1.41. The zero-order valence-electron chi connectivity index (χ0n) is 14.7. The Morgan fingerprint density at radius 3 is 2.84 bits per heavy atom. The molecule has 1 amide bonds. The van der Waals surface area contributed by atoms with Crippen LogP contribution in [-0.2, 0) is 24.2 Å². The zero-order chi connectivity index (χ0) is 17.4. The second-order valence-electron chi connectivity index (χ2n) is 7.39. The Hall–Kier alpha value is -2.56. The first-order chi connectivity index (χ1) is 12.0. The van der Waals surface area contributed by atoms with E-state index >= 15 is 0 Å². The van der Waals surface area contributed by atoms with Crippen LogP contribution in [0.4, 0.5) is 0 Å². The SMILES string of the molecule is Cc1cc(CCc2ccc3cc(CNC(=O)C4(C)CC4)[nH]c3c2)no1. The molecule has 1 fully saturated rings. The van der Waals surface area contributed by atoms with Gasteiger partial charge in [0.15, 0.2) is 0 Å². The molecule has 0 radical (unpaired) electrons. The molecule has 0 spiro atoms. The summed E-state index contributed by atoms with van der Waals surface area (Å²) in [6.45, 7) is 4.48. The van der Waals surface area contributed by atoms with Gasteiger partial charge in [-0.1, -0.05) is 24.2 Å². The zero-order valence-corrected chi connectivity index (χ0v) is 14.7. The van der Waals surface area contributed by atoms with Crippen LogP contribution in [0.25, 0.3) is 10.9 Å². The number of amides is 1. The van der Waals surface area contributed by atoms with Crippen LogP contribution >= 0.6 is 0 Å². The van der Waals surface area contributed by atoms with Gasteiger partial charge in [0.1, 0.15) is 5.76 Å². The van der Waals surface area contributed by atoms with Crippen molar-refractivity contribution in [2.45, 2.75) is 46.1 Å². The molecule has 130 valence electrons. The third-order valence-electron chi connectivity index (χ3n) is 5.08. The van der Waals surface area contributed by atoms with Crippen LogP contribution in [0.1, 0.15) is 42.5 Å². The number of nitrogens with zero attached hydrogens (tertiary/aromatic N) is 1. The van der Waals surface area contributed by atoms with Crippen molar-refractivity contribution < 1.29 is 9.32 Å². The minimum absolute atomic E-state index is 0.126.